The number of aromatic nitrogens is 1. The first-order chi connectivity index (χ1) is 24.1. The van der Waals surface area contributed by atoms with Crippen molar-refractivity contribution in [1.29, 1.82) is 0 Å². The molecule has 0 unspecified atom stereocenters. The number of aliphatic hydroxyl groups excluding tert-OH is 1. The van der Waals surface area contributed by atoms with Crippen LogP contribution in [0.5, 0.6) is 0 Å². The lowest BCUT2D eigenvalue weighted by molar-refractivity contribution is -0.138. The maximum Gasteiger partial charge on any atom is 0.418 e. The molecule has 50 heavy (non-hydrogen) atoms. The number of carbonyl (C=O) groups excluding carboxylic acids is 2. The molecule has 1 aromatic heterocycles. The number of amidine groups is 1. The standard InChI is InChI=1S/C38H36F3N5O4/c39-38(40,41)30-22-43-32(21-28(30)37(49)50-23-24-10-4-1-5-11-24)46-18-16-25(17-19-46)33(42)29-20-31(47)36(48)45-35(29)44-34(26-12-6-2-7-13-26)27-14-8-3-9-15-27/h1-15,21-22,25,31,34,47H,16-20,23,42H2,(H,44,45,48)/t31-/m0/s1. The van der Waals surface area contributed by atoms with E-state index >= 15 is 0 Å². The normalized spacial score (nSPS) is 19.0. The van der Waals surface area contributed by atoms with Crippen LogP contribution in [0.15, 0.2) is 120 Å². The Kier molecular flexibility index (Phi) is 10.3. The number of aliphatic imine (C=N–C) groups is 1. The van der Waals surface area contributed by atoms with Crippen molar-refractivity contribution in [2.75, 3.05) is 18.0 Å². The van der Waals surface area contributed by atoms with Crippen molar-refractivity contribution in [1.82, 2.24) is 10.3 Å². The number of nitrogens with zero attached hydrogens (tertiary/aromatic N) is 3. The third kappa shape index (κ3) is 7.86. The van der Waals surface area contributed by atoms with Gasteiger partial charge in [0, 0.05) is 42.9 Å². The summed E-state index contributed by atoms with van der Waals surface area (Å²) in [5.74, 6) is -1.33. The van der Waals surface area contributed by atoms with E-state index < -0.39 is 41.3 Å². The number of aliphatic hydroxyl groups is 1. The number of nitrogens with one attached hydrogen (secondary N) is 1. The summed E-state index contributed by atoms with van der Waals surface area (Å²) in [5, 5.41) is 13.3. The third-order valence-corrected chi connectivity index (χ3v) is 8.95. The first-order valence-corrected chi connectivity index (χ1v) is 16.3. The van der Waals surface area contributed by atoms with Gasteiger partial charge in [-0.3, -0.25) is 9.79 Å². The third-order valence-electron chi connectivity index (χ3n) is 8.95. The van der Waals surface area contributed by atoms with Crippen LogP contribution in [-0.2, 0) is 22.3 Å². The van der Waals surface area contributed by atoms with E-state index in [0.717, 1.165) is 17.2 Å². The molecular weight excluding hydrogens is 647 g/mol. The van der Waals surface area contributed by atoms with Crippen LogP contribution >= 0.6 is 0 Å². The fourth-order valence-electron chi connectivity index (χ4n) is 6.24. The number of alkyl halides is 3. The molecule has 258 valence electrons. The molecule has 2 aliphatic heterocycles. The zero-order valence-electron chi connectivity index (χ0n) is 27.0. The van der Waals surface area contributed by atoms with Gasteiger partial charge in [-0.25, -0.2) is 9.78 Å². The van der Waals surface area contributed by atoms with E-state index in [0.29, 0.717) is 54.8 Å². The minimum absolute atomic E-state index is 0.0120. The predicted molar refractivity (Wildman–Crippen MR) is 182 cm³/mol. The average Bonchev–Trinajstić information content (AvgIpc) is 3.14. The molecule has 1 atom stereocenters. The number of rotatable bonds is 8. The summed E-state index contributed by atoms with van der Waals surface area (Å²) in [4.78, 5) is 36.4. The Labute approximate surface area is 287 Å². The van der Waals surface area contributed by atoms with Crippen LogP contribution in [0.4, 0.5) is 19.0 Å². The molecule has 4 aromatic rings. The minimum atomic E-state index is -4.81. The molecular formula is C38H36F3N5O4. The van der Waals surface area contributed by atoms with Gasteiger partial charge in [0.05, 0.1) is 11.1 Å². The van der Waals surface area contributed by atoms with Crippen molar-refractivity contribution >= 4 is 23.5 Å². The number of halogens is 3. The molecule has 2 aliphatic rings. The molecule has 12 heteroatoms. The van der Waals surface area contributed by atoms with Crippen LogP contribution in [-0.4, -0.2) is 47.0 Å². The number of benzene rings is 3. The number of carbonyl (C=O) groups is 2. The van der Waals surface area contributed by atoms with Gasteiger partial charge in [0.1, 0.15) is 30.4 Å². The summed E-state index contributed by atoms with van der Waals surface area (Å²) < 4.78 is 46.9. The number of ether oxygens (including phenoxy) is 1. The molecule has 2 fully saturated rings. The lowest BCUT2D eigenvalue weighted by Gasteiger charge is -2.35. The second-order valence-corrected chi connectivity index (χ2v) is 12.3. The quantitative estimate of drug-likeness (QED) is 0.196. The number of piperidine rings is 2. The van der Waals surface area contributed by atoms with Crippen LogP contribution in [0, 0.1) is 5.92 Å². The van der Waals surface area contributed by atoms with Crippen molar-refractivity contribution in [2.45, 2.75) is 44.2 Å². The average molecular weight is 684 g/mol. The molecule has 6 rings (SSSR count). The zero-order chi connectivity index (χ0) is 35.3. The highest BCUT2D eigenvalue weighted by atomic mass is 19.4. The topological polar surface area (TPSA) is 130 Å². The van der Waals surface area contributed by atoms with E-state index in [4.69, 9.17) is 15.5 Å². The minimum Gasteiger partial charge on any atom is -0.457 e. The van der Waals surface area contributed by atoms with Gasteiger partial charge in [-0.05, 0) is 35.6 Å². The van der Waals surface area contributed by atoms with Gasteiger partial charge in [0.2, 0.25) is 0 Å². The summed E-state index contributed by atoms with van der Waals surface area (Å²) in [5.41, 5.74) is 8.49. The number of hydrogen-bond donors (Lipinski definition) is 3. The molecule has 2 saturated heterocycles. The van der Waals surface area contributed by atoms with E-state index in [1.54, 1.807) is 35.2 Å². The first-order valence-electron chi connectivity index (χ1n) is 16.3. The molecule has 9 nitrogen and oxygen atoms in total. The van der Waals surface area contributed by atoms with E-state index in [2.05, 4.69) is 10.3 Å². The molecule has 3 heterocycles. The Morgan fingerprint density at radius 1 is 0.980 bits per heavy atom. The Morgan fingerprint density at radius 3 is 2.14 bits per heavy atom. The molecule has 0 bridgehead atoms. The Bertz CT molecular complexity index is 1840. The van der Waals surface area contributed by atoms with Gasteiger partial charge in [-0.2, -0.15) is 13.2 Å². The van der Waals surface area contributed by atoms with Crippen LogP contribution in [0.2, 0.25) is 0 Å². The molecule has 0 saturated carbocycles. The van der Waals surface area contributed by atoms with Gasteiger partial charge in [0.25, 0.3) is 5.91 Å². The fourth-order valence-corrected chi connectivity index (χ4v) is 6.24. The van der Waals surface area contributed by atoms with E-state index in [9.17, 15) is 27.9 Å². The van der Waals surface area contributed by atoms with E-state index in [-0.39, 0.29) is 24.8 Å². The number of hydrogen-bond acceptors (Lipinski definition) is 8. The molecule has 0 spiro atoms. The second-order valence-electron chi connectivity index (χ2n) is 12.3. The monoisotopic (exact) mass is 683 g/mol. The van der Waals surface area contributed by atoms with Crippen LogP contribution < -0.4 is 16.0 Å². The Morgan fingerprint density at radius 2 is 1.56 bits per heavy atom. The number of pyridine rings is 1. The van der Waals surface area contributed by atoms with Gasteiger partial charge in [-0.15, -0.1) is 0 Å². The molecule has 4 N–H and O–H groups in total. The smallest absolute Gasteiger partial charge is 0.418 e. The van der Waals surface area contributed by atoms with Gasteiger partial charge in [-0.1, -0.05) is 91.0 Å². The highest BCUT2D eigenvalue weighted by Crippen LogP contribution is 2.35. The zero-order valence-corrected chi connectivity index (χ0v) is 27.0. The molecule has 0 radical (unpaired) electrons. The highest BCUT2D eigenvalue weighted by molar-refractivity contribution is 6.12. The summed E-state index contributed by atoms with van der Waals surface area (Å²) >= 11 is 0. The SMILES string of the molecule is NC(=C1C[C@H](O)C(=O)NC1=NC(c1ccccc1)c1ccccc1)C1CCN(c2cc(C(=O)OCc3ccccc3)c(C(F)(F)F)cn2)CC1. The maximum absolute atomic E-state index is 13.9. The Balaban J connectivity index is 1.23. The van der Waals surface area contributed by atoms with Crippen LogP contribution in [0.1, 0.15) is 57.9 Å². The van der Waals surface area contributed by atoms with Gasteiger partial charge >= 0.3 is 12.1 Å². The number of amides is 1. The van der Waals surface area contributed by atoms with Gasteiger partial charge < -0.3 is 25.8 Å². The van der Waals surface area contributed by atoms with Crippen molar-refractivity contribution in [3.8, 4) is 0 Å². The highest BCUT2D eigenvalue weighted by Gasteiger charge is 2.38. The Hall–Kier alpha value is -5.49. The first kappa shape index (κ1) is 34.4. The van der Waals surface area contributed by atoms with E-state index in [1.165, 1.54) is 0 Å². The number of nitrogens with two attached hydrogens (primary N) is 1. The summed E-state index contributed by atoms with van der Waals surface area (Å²) in [6.07, 6.45) is -4.44. The predicted octanol–water partition coefficient (Wildman–Crippen LogP) is 5.96. The lowest BCUT2D eigenvalue weighted by Crippen LogP contribution is -2.47. The van der Waals surface area contributed by atoms with Crippen molar-refractivity contribution in [3.63, 3.8) is 0 Å². The summed E-state index contributed by atoms with van der Waals surface area (Å²) in [6, 6.07) is 28.6. The molecule has 3 aromatic carbocycles. The lowest BCUT2D eigenvalue weighted by atomic mass is 9.87. The molecule has 1 amide bonds. The second kappa shape index (κ2) is 15.0. The van der Waals surface area contributed by atoms with Crippen LogP contribution in [0.25, 0.3) is 0 Å². The summed E-state index contributed by atoms with van der Waals surface area (Å²) in [6.45, 7) is 0.590. The van der Waals surface area contributed by atoms with Crippen molar-refractivity contribution in [3.05, 3.63) is 142 Å². The fraction of sp³-hybridized carbons (Fsp3) is 0.263. The molecule has 0 aliphatic carbocycles. The maximum atomic E-state index is 13.9. The van der Waals surface area contributed by atoms with Crippen LogP contribution in [0.3, 0.4) is 0 Å². The van der Waals surface area contributed by atoms with Crippen molar-refractivity contribution in [2.24, 2.45) is 16.6 Å². The summed E-state index contributed by atoms with van der Waals surface area (Å²) in [7, 11) is 0. The number of allylic oxidation sites excluding steroid dienone is 1. The number of esters is 1. The largest absolute Gasteiger partial charge is 0.457 e. The number of anilines is 1. The van der Waals surface area contributed by atoms with E-state index in [1.807, 2.05) is 60.7 Å². The van der Waals surface area contributed by atoms with Crippen molar-refractivity contribution < 1.29 is 32.6 Å². The van der Waals surface area contributed by atoms with Gasteiger partial charge in [0.15, 0.2) is 0 Å².